The summed E-state index contributed by atoms with van der Waals surface area (Å²) < 4.78 is 41.4. The lowest BCUT2D eigenvalue weighted by molar-refractivity contribution is 0.0782. The fourth-order valence-corrected chi connectivity index (χ4v) is 5.64. The summed E-state index contributed by atoms with van der Waals surface area (Å²) in [6.07, 6.45) is 3.92. The molecule has 1 saturated carbocycles. The molecule has 0 unspecified atom stereocenters. The number of fused-ring (bicyclic) bond motifs is 3. The third-order valence-electron chi connectivity index (χ3n) is 7.32. The molecular formula is C24H27F2N7O2. The van der Waals surface area contributed by atoms with Crippen LogP contribution in [0.2, 0.25) is 0 Å². The van der Waals surface area contributed by atoms with Gasteiger partial charge in [0.1, 0.15) is 6.10 Å². The Labute approximate surface area is 201 Å². The number of ether oxygens (including phenoxy) is 2. The highest BCUT2D eigenvalue weighted by molar-refractivity contribution is 5.48. The number of anilines is 2. The maximum absolute atomic E-state index is 14.6. The van der Waals surface area contributed by atoms with Crippen LogP contribution in [0.25, 0.3) is 0 Å². The molecule has 1 saturated heterocycles. The molecule has 2 aliphatic heterocycles. The quantitative estimate of drug-likeness (QED) is 0.592. The largest absolute Gasteiger partial charge is 0.480 e. The van der Waals surface area contributed by atoms with E-state index in [1.807, 2.05) is 6.07 Å². The van der Waals surface area contributed by atoms with Crippen molar-refractivity contribution in [2.75, 3.05) is 37.0 Å². The summed E-state index contributed by atoms with van der Waals surface area (Å²) in [4.78, 5) is 7.05. The Morgan fingerprint density at radius 1 is 1.17 bits per heavy atom. The van der Waals surface area contributed by atoms with Crippen molar-refractivity contribution in [2.45, 2.75) is 38.0 Å². The number of hydrogen-bond acceptors (Lipinski definition) is 8. The van der Waals surface area contributed by atoms with E-state index in [0.29, 0.717) is 42.6 Å². The summed E-state index contributed by atoms with van der Waals surface area (Å²) in [5.74, 6) is 0.545. The Hall–Kier alpha value is -3.34. The van der Waals surface area contributed by atoms with Gasteiger partial charge >= 0.3 is 0 Å². The highest BCUT2D eigenvalue weighted by Crippen LogP contribution is 2.40. The molecule has 35 heavy (non-hydrogen) atoms. The number of rotatable bonds is 5. The predicted molar refractivity (Wildman–Crippen MR) is 123 cm³/mol. The van der Waals surface area contributed by atoms with Crippen molar-refractivity contribution in [1.82, 2.24) is 25.0 Å². The molecule has 1 aromatic carbocycles. The standard InChI is InChI=1S/C24H27F2N7O2/c1-34-19-10-16(11-27-30-19)32-12-14-6-7-15(13-32)21(14)28-24-29-23-22(35-9-3-8-33(23)31-24)17-4-2-5-18(25)20(17)26/h2,4-5,10-11,14-15,21-22H,3,6-9,12-13H2,1H3,(H,28,31)/t14-,15+,21-,22-/m1/s1. The van der Waals surface area contributed by atoms with Crippen LogP contribution in [0, 0.1) is 23.5 Å². The smallest absolute Gasteiger partial charge is 0.242 e. The average Bonchev–Trinajstić information content (AvgIpc) is 3.28. The molecule has 0 spiro atoms. The van der Waals surface area contributed by atoms with E-state index >= 15 is 0 Å². The number of benzene rings is 1. The fraction of sp³-hybridized carbons (Fsp3) is 0.500. The van der Waals surface area contributed by atoms with Crippen LogP contribution >= 0.6 is 0 Å². The van der Waals surface area contributed by atoms with Gasteiger partial charge in [0.15, 0.2) is 17.5 Å². The zero-order valence-corrected chi connectivity index (χ0v) is 19.4. The number of aromatic nitrogens is 5. The van der Waals surface area contributed by atoms with Crippen LogP contribution < -0.4 is 15.0 Å². The molecule has 6 rings (SSSR count). The number of hydrogen-bond donors (Lipinski definition) is 1. The molecule has 2 fully saturated rings. The van der Waals surface area contributed by atoms with Gasteiger partial charge in [-0.3, -0.25) is 0 Å². The number of nitrogens with one attached hydrogen (secondary N) is 1. The number of methoxy groups -OCH3 is 1. The molecule has 2 bridgehead atoms. The minimum Gasteiger partial charge on any atom is -0.480 e. The molecule has 2 aromatic heterocycles. The van der Waals surface area contributed by atoms with Gasteiger partial charge in [-0.25, -0.2) is 13.5 Å². The maximum Gasteiger partial charge on any atom is 0.242 e. The van der Waals surface area contributed by atoms with Gasteiger partial charge in [0.2, 0.25) is 11.8 Å². The van der Waals surface area contributed by atoms with Crippen LogP contribution in [0.4, 0.5) is 20.4 Å². The molecule has 184 valence electrons. The molecule has 11 heteroatoms. The molecule has 4 atom stereocenters. The van der Waals surface area contributed by atoms with Crippen LogP contribution in [0.5, 0.6) is 5.88 Å². The van der Waals surface area contributed by atoms with Crippen molar-refractivity contribution in [3.05, 3.63) is 53.5 Å². The number of halogens is 2. The Morgan fingerprint density at radius 3 is 2.80 bits per heavy atom. The first kappa shape index (κ1) is 22.1. The molecule has 9 nitrogen and oxygen atoms in total. The summed E-state index contributed by atoms with van der Waals surface area (Å²) in [6, 6.07) is 6.29. The van der Waals surface area contributed by atoms with E-state index in [4.69, 9.17) is 14.5 Å². The lowest BCUT2D eigenvalue weighted by atomic mass is 9.92. The fourth-order valence-electron chi connectivity index (χ4n) is 5.64. The first-order valence-corrected chi connectivity index (χ1v) is 12.0. The Morgan fingerprint density at radius 2 is 2.00 bits per heavy atom. The second-order valence-electron chi connectivity index (χ2n) is 9.39. The number of nitrogens with zero attached hydrogens (tertiary/aromatic N) is 6. The SMILES string of the molecule is COc1cc(N2C[C@H]3CC[C@@H](C2)[C@@H]3Nc2nc3n(n2)CCCO[C@@H]3c2cccc(F)c2F)cnn1. The summed E-state index contributed by atoms with van der Waals surface area (Å²) in [6.45, 7) is 2.80. The van der Waals surface area contributed by atoms with Crippen LogP contribution in [-0.2, 0) is 11.3 Å². The van der Waals surface area contributed by atoms with Crippen molar-refractivity contribution in [3.8, 4) is 5.88 Å². The third-order valence-corrected chi connectivity index (χ3v) is 7.32. The van der Waals surface area contributed by atoms with Crippen molar-refractivity contribution < 1.29 is 18.3 Å². The van der Waals surface area contributed by atoms with Crippen LogP contribution in [-0.4, -0.2) is 57.8 Å². The average molecular weight is 484 g/mol. The summed E-state index contributed by atoms with van der Waals surface area (Å²) in [5, 5.41) is 16.3. The number of piperidine rings is 1. The van der Waals surface area contributed by atoms with E-state index in [2.05, 4.69) is 25.5 Å². The highest BCUT2D eigenvalue weighted by atomic mass is 19.2. The molecule has 1 N–H and O–H groups in total. The van der Waals surface area contributed by atoms with Gasteiger partial charge in [-0.15, -0.1) is 10.2 Å². The van der Waals surface area contributed by atoms with Gasteiger partial charge in [0, 0.05) is 43.9 Å². The van der Waals surface area contributed by atoms with Gasteiger partial charge in [0.05, 0.1) is 19.0 Å². The summed E-state index contributed by atoms with van der Waals surface area (Å²) in [7, 11) is 1.59. The van der Waals surface area contributed by atoms with E-state index < -0.39 is 17.7 Å². The normalized spacial score (nSPS) is 25.7. The minimum absolute atomic E-state index is 0.141. The van der Waals surface area contributed by atoms with E-state index in [1.54, 1.807) is 24.1 Å². The molecule has 4 heterocycles. The van der Waals surface area contributed by atoms with Crippen LogP contribution in [0.3, 0.4) is 0 Å². The summed E-state index contributed by atoms with van der Waals surface area (Å²) in [5.41, 5.74) is 1.15. The monoisotopic (exact) mass is 483 g/mol. The van der Waals surface area contributed by atoms with Crippen LogP contribution in [0.1, 0.15) is 36.8 Å². The molecule has 0 amide bonds. The minimum atomic E-state index is -0.906. The lowest BCUT2D eigenvalue weighted by Crippen LogP contribution is -2.48. The second-order valence-corrected chi connectivity index (χ2v) is 9.39. The Balaban J connectivity index is 1.22. The molecule has 0 radical (unpaired) electrons. The zero-order chi connectivity index (χ0) is 23.9. The Kier molecular flexibility index (Phi) is 5.71. The first-order valence-electron chi connectivity index (χ1n) is 12.0. The van der Waals surface area contributed by atoms with E-state index in [-0.39, 0.29) is 11.6 Å². The molecule has 3 aromatic rings. The second kappa shape index (κ2) is 9.03. The van der Waals surface area contributed by atoms with E-state index in [1.165, 1.54) is 6.07 Å². The maximum atomic E-state index is 14.6. The zero-order valence-electron chi connectivity index (χ0n) is 19.4. The van der Waals surface area contributed by atoms with Crippen molar-refractivity contribution >= 4 is 11.6 Å². The highest BCUT2D eigenvalue weighted by Gasteiger charge is 2.43. The first-order chi connectivity index (χ1) is 17.1. The van der Waals surface area contributed by atoms with E-state index in [0.717, 1.165) is 44.1 Å². The van der Waals surface area contributed by atoms with Crippen LogP contribution in [0.15, 0.2) is 30.5 Å². The topological polar surface area (TPSA) is 90.2 Å². The third kappa shape index (κ3) is 4.07. The van der Waals surface area contributed by atoms with Gasteiger partial charge < -0.3 is 19.7 Å². The molecule has 3 aliphatic rings. The lowest BCUT2D eigenvalue weighted by Gasteiger charge is -2.39. The molecule has 1 aliphatic carbocycles. The van der Waals surface area contributed by atoms with Gasteiger partial charge in [-0.2, -0.15) is 10.1 Å². The molecular weight excluding hydrogens is 456 g/mol. The van der Waals surface area contributed by atoms with Crippen molar-refractivity contribution in [1.29, 1.82) is 0 Å². The van der Waals surface area contributed by atoms with Gasteiger partial charge in [0.25, 0.3) is 0 Å². The Bertz CT molecular complexity index is 1210. The predicted octanol–water partition coefficient (Wildman–Crippen LogP) is 3.19. The van der Waals surface area contributed by atoms with Gasteiger partial charge in [-0.1, -0.05) is 12.1 Å². The van der Waals surface area contributed by atoms with Crippen molar-refractivity contribution in [2.24, 2.45) is 11.8 Å². The van der Waals surface area contributed by atoms with Crippen molar-refractivity contribution in [3.63, 3.8) is 0 Å². The number of aryl methyl sites for hydroxylation is 1. The van der Waals surface area contributed by atoms with Gasteiger partial charge in [-0.05, 0) is 37.2 Å². The summed E-state index contributed by atoms with van der Waals surface area (Å²) >= 11 is 0. The van der Waals surface area contributed by atoms with E-state index in [9.17, 15) is 8.78 Å².